The van der Waals surface area contributed by atoms with Crippen LogP contribution in [0, 0.1) is 0 Å². The normalized spacial score (nSPS) is 12.2. The lowest BCUT2D eigenvalue weighted by molar-refractivity contribution is -0.117. The summed E-state index contributed by atoms with van der Waals surface area (Å²) in [6.07, 6.45) is 3.74. The van der Waals surface area contributed by atoms with Gasteiger partial charge in [-0.05, 0) is 30.7 Å². The van der Waals surface area contributed by atoms with Crippen LogP contribution in [0.2, 0.25) is 0 Å². The summed E-state index contributed by atoms with van der Waals surface area (Å²) in [5.74, 6) is 1.09. The Labute approximate surface area is 119 Å². The number of aliphatic hydroxyl groups excluding tert-OH is 1. The van der Waals surface area contributed by atoms with Gasteiger partial charge in [0.15, 0.2) is 0 Å². The van der Waals surface area contributed by atoms with Gasteiger partial charge in [0.2, 0.25) is 5.91 Å². The largest absolute Gasteiger partial charge is 0.497 e. The monoisotopic (exact) mass is 279 g/mol. The second-order valence-electron chi connectivity index (χ2n) is 4.24. The number of carbonyl (C=O) groups is 1. The van der Waals surface area contributed by atoms with E-state index in [9.17, 15) is 4.79 Å². The van der Waals surface area contributed by atoms with Crippen molar-refractivity contribution in [1.29, 1.82) is 0 Å². The van der Waals surface area contributed by atoms with E-state index in [0.717, 1.165) is 5.56 Å². The van der Waals surface area contributed by atoms with Crippen molar-refractivity contribution in [1.82, 2.24) is 5.32 Å². The average molecular weight is 279 g/mol. The number of benzene rings is 1. The smallest absolute Gasteiger partial charge is 0.244 e. The summed E-state index contributed by atoms with van der Waals surface area (Å²) in [7, 11) is 3.15. The second kappa shape index (κ2) is 8.22. The first kappa shape index (κ1) is 16.0. The van der Waals surface area contributed by atoms with Crippen molar-refractivity contribution in [2.75, 3.05) is 20.8 Å². The van der Waals surface area contributed by atoms with Crippen LogP contribution in [-0.2, 0) is 4.79 Å². The van der Waals surface area contributed by atoms with Crippen molar-refractivity contribution in [2.45, 2.75) is 19.4 Å². The summed E-state index contributed by atoms with van der Waals surface area (Å²) in [5, 5.41) is 11.7. The predicted octanol–water partition coefficient (Wildman–Crippen LogP) is 1.60. The lowest BCUT2D eigenvalue weighted by atomic mass is 10.1. The molecule has 5 heteroatoms. The van der Waals surface area contributed by atoms with Gasteiger partial charge in [-0.2, -0.15) is 0 Å². The van der Waals surface area contributed by atoms with Crippen LogP contribution in [0.25, 0.3) is 6.08 Å². The Kier molecular flexibility index (Phi) is 6.59. The maximum absolute atomic E-state index is 11.7. The van der Waals surface area contributed by atoms with Crippen molar-refractivity contribution in [2.24, 2.45) is 0 Å². The van der Waals surface area contributed by atoms with Crippen molar-refractivity contribution < 1.29 is 19.4 Å². The number of rotatable bonds is 7. The van der Waals surface area contributed by atoms with E-state index in [1.165, 1.54) is 6.08 Å². The van der Waals surface area contributed by atoms with Gasteiger partial charge in [0.1, 0.15) is 11.5 Å². The Morgan fingerprint density at radius 3 is 2.70 bits per heavy atom. The lowest BCUT2D eigenvalue weighted by Gasteiger charge is -2.12. The minimum Gasteiger partial charge on any atom is -0.497 e. The summed E-state index contributed by atoms with van der Waals surface area (Å²) in [5.41, 5.74) is 0.749. The molecule has 5 nitrogen and oxygen atoms in total. The first-order chi connectivity index (χ1) is 9.64. The van der Waals surface area contributed by atoms with Crippen LogP contribution in [0.15, 0.2) is 24.3 Å². The Morgan fingerprint density at radius 1 is 1.40 bits per heavy atom. The molecule has 2 N–H and O–H groups in total. The van der Waals surface area contributed by atoms with Gasteiger partial charge in [-0.3, -0.25) is 4.79 Å². The molecule has 0 aliphatic rings. The number of carbonyl (C=O) groups excluding carboxylic acids is 1. The Hall–Kier alpha value is -2.01. The first-order valence-electron chi connectivity index (χ1n) is 6.46. The molecule has 0 bridgehead atoms. The van der Waals surface area contributed by atoms with Crippen LogP contribution in [0.3, 0.4) is 0 Å². The molecule has 0 heterocycles. The van der Waals surface area contributed by atoms with Crippen molar-refractivity contribution in [3.05, 3.63) is 29.8 Å². The highest BCUT2D eigenvalue weighted by Gasteiger charge is 2.07. The molecule has 0 saturated carbocycles. The third-order valence-electron chi connectivity index (χ3n) is 2.91. The molecule has 1 aromatic carbocycles. The topological polar surface area (TPSA) is 67.8 Å². The molecule has 0 aliphatic heterocycles. The second-order valence-corrected chi connectivity index (χ2v) is 4.24. The van der Waals surface area contributed by atoms with Gasteiger partial charge in [-0.25, -0.2) is 0 Å². The van der Waals surface area contributed by atoms with Crippen LogP contribution in [0.4, 0.5) is 0 Å². The molecule has 110 valence electrons. The van der Waals surface area contributed by atoms with Gasteiger partial charge in [0, 0.05) is 11.6 Å². The van der Waals surface area contributed by atoms with Gasteiger partial charge < -0.3 is 19.9 Å². The highest BCUT2D eigenvalue weighted by Crippen LogP contribution is 2.24. The average Bonchev–Trinajstić information content (AvgIpc) is 2.50. The van der Waals surface area contributed by atoms with Gasteiger partial charge in [-0.1, -0.05) is 6.92 Å². The Balaban J connectivity index is 2.80. The van der Waals surface area contributed by atoms with E-state index in [-0.39, 0.29) is 18.6 Å². The van der Waals surface area contributed by atoms with Crippen molar-refractivity contribution in [3.63, 3.8) is 0 Å². The highest BCUT2D eigenvalue weighted by molar-refractivity contribution is 5.92. The van der Waals surface area contributed by atoms with Gasteiger partial charge in [0.25, 0.3) is 0 Å². The molecular formula is C15H21NO4. The van der Waals surface area contributed by atoms with E-state index in [0.29, 0.717) is 17.9 Å². The molecule has 20 heavy (non-hydrogen) atoms. The molecule has 0 fully saturated rings. The molecule has 0 aromatic heterocycles. The fourth-order valence-electron chi connectivity index (χ4n) is 1.66. The zero-order valence-corrected chi connectivity index (χ0v) is 12.1. The molecule has 1 amide bonds. The molecule has 0 saturated heterocycles. The van der Waals surface area contributed by atoms with Crippen LogP contribution >= 0.6 is 0 Å². The van der Waals surface area contributed by atoms with Crippen molar-refractivity contribution >= 4 is 12.0 Å². The molecule has 1 unspecified atom stereocenters. The molecular weight excluding hydrogens is 258 g/mol. The molecule has 0 aliphatic carbocycles. The molecule has 0 radical (unpaired) electrons. The predicted molar refractivity (Wildman–Crippen MR) is 77.9 cm³/mol. The number of nitrogens with one attached hydrogen (secondary N) is 1. The van der Waals surface area contributed by atoms with Crippen LogP contribution < -0.4 is 14.8 Å². The fourth-order valence-corrected chi connectivity index (χ4v) is 1.66. The summed E-state index contributed by atoms with van der Waals surface area (Å²) in [4.78, 5) is 11.7. The minimum atomic E-state index is -0.254. The number of ether oxygens (including phenoxy) is 2. The quantitative estimate of drug-likeness (QED) is 0.744. The van der Waals surface area contributed by atoms with E-state index in [2.05, 4.69) is 5.32 Å². The Morgan fingerprint density at radius 2 is 2.15 bits per heavy atom. The van der Waals surface area contributed by atoms with Crippen LogP contribution in [-0.4, -0.2) is 37.9 Å². The minimum absolute atomic E-state index is 0.0709. The van der Waals surface area contributed by atoms with Crippen LogP contribution in [0.1, 0.15) is 18.9 Å². The van der Waals surface area contributed by atoms with E-state index < -0.39 is 0 Å². The number of aliphatic hydroxyl groups is 1. The number of hydrogen-bond donors (Lipinski definition) is 2. The summed E-state index contributed by atoms with van der Waals surface area (Å²) in [6, 6.07) is 5.12. The van der Waals surface area contributed by atoms with Crippen LogP contribution in [0.5, 0.6) is 11.5 Å². The molecule has 1 aromatic rings. The Bertz CT molecular complexity index is 467. The fraction of sp³-hybridized carbons (Fsp3) is 0.400. The lowest BCUT2D eigenvalue weighted by Crippen LogP contribution is -2.35. The molecule has 1 rings (SSSR count). The highest BCUT2D eigenvalue weighted by atomic mass is 16.5. The number of amides is 1. The zero-order valence-electron chi connectivity index (χ0n) is 12.1. The van der Waals surface area contributed by atoms with E-state index in [1.807, 2.05) is 6.92 Å². The number of methoxy groups -OCH3 is 2. The van der Waals surface area contributed by atoms with Gasteiger partial charge >= 0.3 is 0 Å². The first-order valence-corrected chi connectivity index (χ1v) is 6.46. The zero-order chi connectivity index (χ0) is 15.0. The maximum atomic E-state index is 11.7. The third kappa shape index (κ3) is 4.59. The maximum Gasteiger partial charge on any atom is 0.244 e. The summed E-state index contributed by atoms with van der Waals surface area (Å²) in [6.45, 7) is 1.83. The van der Waals surface area contributed by atoms with E-state index in [1.54, 1.807) is 38.5 Å². The molecule has 0 spiro atoms. The van der Waals surface area contributed by atoms with E-state index >= 15 is 0 Å². The molecule has 1 atom stereocenters. The third-order valence-corrected chi connectivity index (χ3v) is 2.91. The SMILES string of the molecule is CCC(CO)NC(=O)C=Cc1cc(OC)ccc1OC. The summed E-state index contributed by atoms with van der Waals surface area (Å²) >= 11 is 0. The van der Waals surface area contributed by atoms with Gasteiger partial charge in [0.05, 0.1) is 26.9 Å². The van der Waals surface area contributed by atoms with Crippen molar-refractivity contribution in [3.8, 4) is 11.5 Å². The van der Waals surface area contributed by atoms with E-state index in [4.69, 9.17) is 14.6 Å². The van der Waals surface area contributed by atoms with Gasteiger partial charge in [-0.15, -0.1) is 0 Å². The standard InChI is InChI=1S/C15H21NO4/c1-4-12(10-17)16-15(18)8-5-11-9-13(19-2)6-7-14(11)20-3/h5-9,12,17H,4,10H2,1-3H3,(H,16,18). The number of hydrogen-bond acceptors (Lipinski definition) is 4. The summed E-state index contributed by atoms with van der Waals surface area (Å²) < 4.78 is 10.4.